The third-order valence-electron chi connectivity index (χ3n) is 0.487. The van der Waals surface area contributed by atoms with Crippen LogP contribution < -0.4 is 0 Å². The minimum absolute atomic E-state index is 0. The minimum atomic E-state index is -0.156. The van der Waals surface area contributed by atoms with Gasteiger partial charge in [0.1, 0.15) is 0 Å². The summed E-state index contributed by atoms with van der Waals surface area (Å²) in [6, 6.07) is 0. The first-order chi connectivity index (χ1) is 2.41. The second-order valence-electron chi connectivity index (χ2n) is 1.04. The molecule has 0 heterocycles. The molecule has 0 bridgehead atoms. The van der Waals surface area contributed by atoms with E-state index in [2.05, 4.69) is 0 Å². The molecule has 0 unspecified atom stereocenters. The van der Waals surface area contributed by atoms with Crippen LogP contribution in [0, 0.1) is 0 Å². The molecule has 0 atom stereocenters. The van der Waals surface area contributed by atoms with E-state index < -0.39 is 0 Å². The first-order valence-corrected chi connectivity index (χ1v) is 1.97. The van der Waals surface area contributed by atoms with Gasteiger partial charge in [0.25, 0.3) is 0 Å². The van der Waals surface area contributed by atoms with Crippen LogP contribution in [0.25, 0.3) is 0 Å². The molecule has 0 aliphatic heterocycles. The Balaban J connectivity index is 0. The quantitative estimate of drug-likeness (QED) is 0.477. The molecule has 0 saturated heterocycles. The van der Waals surface area contributed by atoms with Crippen LogP contribution in [0.1, 0.15) is 19.8 Å². The third-order valence-corrected chi connectivity index (χ3v) is 0.487. The van der Waals surface area contributed by atoms with Gasteiger partial charge in [-0.05, 0) is 6.42 Å². The summed E-state index contributed by atoms with van der Waals surface area (Å²) < 4.78 is 11.0. The normalized spacial score (nSPS) is 7.00. The van der Waals surface area contributed by atoms with Gasteiger partial charge >= 0.3 is 0 Å². The Labute approximate surface area is 80.9 Å². The summed E-state index contributed by atoms with van der Waals surface area (Å²) in [5, 5.41) is 0. The van der Waals surface area contributed by atoms with E-state index in [1.165, 1.54) is 0 Å². The number of alkyl halides is 1. The zero-order chi connectivity index (χ0) is 4.12. The molecule has 1 radical (unpaired) electrons. The first-order valence-electron chi connectivity index (χ1n) is 1.97. The van der Waals surface area contributed by atoms with Crippen molar-refractivity contribution in [2.45, 2.75) is 19.8 Å². The van der Waals surface area contributed by atoms with Gasteiger partial charge in [0, 0.05) is 51.4 Å². The van der Waals surface area contributed by atoms with Gasteiger partial charge in [0.15, 0.2) is 0 Å². The van der Waals surface area contributed by atoms with Crippen LogP contribution in [-0.4, -0.2) is 58.1 Å². The SMILES string of the molecule is CCCCF.[K]. The largest absolute Gasteiger partial charge is 0.251 e. The van der Waals surface area contributed by atoms with Crippen molar-refractivity contribution >= 4 is 51.4 Å². The summed E-state index contributed by atoms with van der Waals surface area (Å²) in [5.74, 6) is 0. The summed E-state index contributed by atoms with van der Waals surface area (Å²) in [4.78, 5) is 0. The van der Waals surface area contributed by atoms with Crippen LogP contribution >= 0.6 is 0 Å². The second kappa shape index (κ2) is 9.76. The summed E-state index contributed by atoms with van der Waals surface area (Å²) >= 11 is 0. The molecule has 0 N–H and O–H groups in total. The molecule has 0 fully saturated rings. The summed E-state index contributed by atoms with van der Waals surface area (Å²) in [6.07, 6.45) is 1.69. The topological polar surface area (TPSA) is 0 Å². The number of hydrogen-bond acceptors (Lipinski definition) is 0. The average Bonchev–Trinajstić information content (AvgIpc) is 1.41. The van der Waals surface area contributed by atoms with E-state index >= 15 is 0 Å². The van der Waals surface area contributed by atoms with Gasteiger partial charge in [-0.1, -0.05) is 13.3 Å². The fourth-order valence-corrected chi connectivity index (χ4v) is 0.134. The number of rotatable bonds is 2. The standard InChI is InChI=1S/C4H9F.K/c1-2-3-4-5;/h2-4H2,1H3;. The Morgan fingerprint density at radius 2 is 2.00 bits per heavy atom. The zero-order valence-corrected chi connectivity index (χ0v) is 7.62. The van der Waals surface area contributed by atoms with E-state index in [4.69, 9.17) is 0 Å². The Morgan fingerprint density at radius 1 is 1.50 bits per heavy atom. The molecule has 0 spiro atoms. The minimum Gasteiger partial charge on any atom is -0.251 e. The Morgan fingerprint density at radius 3 is 2.00 bits per heavy atom. The molecule has 0 saturated carbocycles. The molecule has 0 nitrogen and oxygen atoms in total. The first kappa shape index (κ1) is 10.5. The van der Waals surface area contributed by atoms with Gasteiger partial charge in [-0.3, -0.25) is 4.39 Å². The van der Waals surface area contributed by atoms with E-state index in [1.54, 1.807) is 0 Å². The van der Waals surface area contributed by atoms with Gasteiger partial charge in [0.05, 0.1) is 6.67 Å². The molecular weight excluding hydrogens is 106 g/mol. The van der Waals surface area contributed by atoms with Crippen molar-refractivity contribution in [2.24, 2.45) is 0 Å². The van der Waals surface area contributed by atoms with Crippen LogP contribution in [0.4, 0.5) is 4.39 Å². The molecule has 6 heavy (non-hydrogen) atoms. The Kier molecular flexibility index (Phi) is 17.1. The fraction of sp³-hybridized carbons (Fsp3) is 1.00. The van der Waals surface area contributed by atoms with E-state index in [1.807, 2.05) is 6.92 Å². The van der Waals surface area contributed by atoms with Crippen molar-refractivity contribution in [3.05, 3.63) is 0 Å². The average molecular weight is 115 g/mol. The van der Waals surface area contributed by atoms with Crippen molar-refractivity contribution in [1.29, 1.82) is 0 Å². The number of halogens is 1. The van der Waals surface area contributed by atoms with Gasteiger partial charge in [-0.15, -0.1) is 0 Å². The smallest absolute Gasteiger partial charge is 0.0894 e. The van der Waals surface area contributed by atoms with Gasteiger partial charge in [-0.2, -0.15) is 0 Å². The molecule has 0 aromatic carbocycles. The van der Waals surface area contributed by atoms with Crippen molar-refractivity contribution in [1.82, 2.24) is 0 Å². The van der Waals surface area contributed by atoms with Crippen molar-refractivity contribution in [3.63, 3.8) is 0 Å². The number of unbranched alkanes of at least 4 members (excludes halogenated alkanes) is 1. The maximum absolute atomic E-state index is 11.0. The van der Waals surface area contributed by atoms with Crippen LogP contribution in [0.3, 0.4) is 0 Å². The monoisotopic (exact) mass is 115 g/mol. The van der Waals surface area contributed by atoms with Gasteiger partial charge < -0.3 is 0 Å². The van der Waals surface area contributed by atoms with E-state index in [-0.39, 0.29) is 58.1 Å². The molecule has 0 rings (SSSR count). The van der Waals surface area contributed by atoms with Crippen molar-refractivity contribution in [3.8, 4) is 0 Å². The van der Waals surface area contributed by atoms with Crippen LogP contribution in [0.15, 0.2) is 0 Å². The van der Waals surface area contributed by atoms with Gasteiger partial charge in [0.2, 0.25) is 0 Å². The second-order valence-corrected chi connectivity index (χ2v) is 1.04. The van der Waals surface area contributed by atoms with E-state index in [9.17, 15) is 4.39 Å². The molecular formula is C4H9FK. The molecule has 0 aromatic heterocycles. The predicted molar refractivity (Wildman–Crippen MR) is 26.6 cm³/mol. The van der Waals surface area contributed by atoms with Crippen LogP contribution in [0.2, 0.25) is 0 Å². The van der Waals surface area contributed by atoms with Gasteiger partial charge in [-0.25, -0.2) is 0 Å². The molecule has 0 aliphatic carbocycles. The summed E-state index contributed by atoms with van der Waals surface area (Å²) in [7, 11) is 0. The summed E-state index contributed by atoms with van der Waals surface area (Å²) in [6.45, 7) is 1.82. The molecule has 0 aliphatic rings. The fourth-order valence-electron chi connectivity index (χ4n) is 0.134. The maximum Gasteiger partial charge on any atom is 0.0894 e. The summed E-state index contributed by atoms with van der Waals surface area (Å²) in [5.41, 5.74) is 0. The third kappa shape index (κ3) is 9.13. The van der Waals surface area contributed by atoms with E-state index in [0.29, 0.717) is 0 Å². The Bertz CT molecular complexity index is 15.0. The van der Waals surface area contributed by atoms with Crippen LogP contribution in [-0.2, 0) is 0 Å². The van der Waals surface area contributed by atoms with E-state index in [0.717, 1.165) is 12.8 Å². The molecule has 2 heteroatoms. The molecule has 0 aromatic rings. The van der Waals surface area contributed by atoms with Crippen molar-refractivity contribution < 1.29 is 4.39 Å². The Hall–Kier alpha value is 1.57. The maximum atomic E-state index is 11.0. The predicted octanol–water partition coefficient (Wildman–Crippen LogP) is 1.38. The zero-order valence-electron chi connectivity index (χ0n) is 4.50. The molecule has 33 valence electrons. The van der Waals surface area contributed by atoms with Crippen molar-refractivity contribution in [2.75, 3.05) is 6.67 Å². The number of hydrogen-bond donors (Lipinski definition) is 0. The molecule has 0 amide bonds. The van der Waals surface area contributed by atoms with Crippen LogP contribution in [0.5, 0.6) is 0 Å².